The number of nitrogens with one attached hydrogen (secondary N) is 3. The first-order valence-corrected chi connectivity index (χ1v) is 8.24. The summed E-state index contributed by atoms with van der Waals surface area (Å²) in [5.74, 6) is 0.563. The normalized spacial score (nSPS) is 13.5. The Morgan fingerprint density at radius 1 is 1.48 bits per heavy atom. The van der Waals surface area contributed by atoms with Crippen molar-refractivity contribution in [3.05, 3.63) is 35.5 Å². The highest BCUT2D eigenvalue weighted by molar-refractivity contribution is 7.89. The smallest absolute Gasteiger partial charge is 0.244 e. The summed E-state index contributed by atoms with van der Waals surface area (Å²) < 4.78 is 33.0. The Hall–Kier alpha value is -1.64. The minimum atomic E-state index is -3.68. The van der Waals surface area contributed by atoms with E-state index in [-0.39, 0.29) is 4.90 Å². The number of sulfonamides is 1. The molecule has 0 fully saturated rings. The lowest BCUT2D eigenvalue weighted by molar-refractivity contribution is 0.459. The van der Waals surface area contributed by atoms with Gasteiger partial charge in [-0.1, -0.05) is 6.92 Å². The Kier molecular flexibility index (Phi) is 4.81. The molecule has 2 heterocycles. The second-order valence-electron chi connectivity index (χ2n) is 4.76. The van der Waals surface area contributed by atoms with Crippen molar-refractivity contribution in [2.24, 2.45) is 0 Å². The van der Waals surface area contributed by atoms with Gasteiger partial charge in [-0.3, -0.25) is 5.10 Å². The van der Waals surface area contributed by atoms with Gasteiger partial charge in [0.2, 0.25) is 10.0 Å². The van der Waals surface area contributed by atoms with Gasteiger partial charge in [0.15, 0.2) is 0 Å². The average Bonchev–Trinajstić information content (AvgIpc) is 3.05. The van der Waals surface area contributed by atoms with E-state index in [0.29, 0.717) is 23.7 Å². The molecule has 0 saturated heterocycles. The molecule has 0 amide bonds. The molecule has 0 radical (unpaired) electrons. The first kappa shape index (κ1) is 15.7. The Labute approximate surface area is 124 Å². The number of H-pyrrole nitrogens is 1. The SMILES string of the molecule is CCNCc1n[nH]c(C)c1S(=O)(=O)NC(C)c1ccco1. The first-order chi connectivity index (χ1) is 9.95. The van der Waals surface area contributed by atoms with Crippen LogP contribution in [0.5, 0.6) is 0 Å². The lowest BCUT2D eigenvalue weighted by Gasteiger charge is -2.13. The quantitative estimate of drug-likeness (QED) is 0.718. The molecule has 2 aromatic heterocycles. The Morgan fingerprint density at radius 2 is 2.24 bits per heavy atom. The van der Waals surface area contributed by atoms with E-state index >= 15 is 0 Å². The summed E-state index contributed by atoms with van der Waals surface area (Å²) in [5, 5.41) is 9.87. The molecule has 0 bridgehead atoms. The van der Waals surface area contributed by atoms with Crippen LogP contribution < -0.4 is 10.0 Å². The number of hydrogen-bond donors (Lipinski definition) is 3. The number of rotatable bonds is 7. The Morgan fingerprint density at radius 3 is 2.86 bits per heavy atom. The maximum atomic E-state index is 12.6. The summed E-state index contributed by atoms with van der Waals surface area (Å²) in [7, 11) is -3.68. The van der Waals surface area contributed by atoms with Gasteiger partial charge in [0, 0.05) is 6.54 Å². The summed E-state index contributed by atoms with van der Waals surface area (Å²) in [5.41, 5.74) is 0.996. The third-order valence-electron chi connectivity index (χ3n) is 3.07. The van der Waals surface area contributed by atoms with Crippen molar-refractivity contribution in [2.45, 2.75) is 38.3 Å². The molecule has 7 nitrogen and oxygen atoms in total. The zero-order chi connectivity index (χ0) is 15.5. The number of aryl methyl sites for hydroxylation is 1. The van der Waals surface area contributed by atoms with E-state index in [4.69, 9.17) is 4.42 Å². The first-order valence-electron chi connectivity index (χ1n) is 6.76. The lowest BCUT2D eigenvalue weighted by Crippen LogP contribution is -2.28. The van der Waals surface area contributed by atoms with Gasteiger partial charge in [0.05, 0.1) is 23.7 Å². The molecule has 3 N–H and O–H groups in total. The van der Waals surface area contributed by atoms with Gasteiger partial charge in [-0.05, 0) is 32.5 Å². The number of aromatic amines is 1. The summed E-state index contributed by atoms with van der Waals surface area (Å²) in [6, 6.07) is 3.00. The minimum Gasteiger partial charge on any atom is -0.468 e. The highest BCUT2D eigenvalue weighted by Crippen LogP contribution is 2.21. The standard InChI is InChI=1S/C13H20N4O3S/c1-4-14-8-11-13(10(3)15-16-11)21(18,19)17-9(2)12-6-5-7-20-12/h5-7,9,14,17H,4,8H2,1-3H3,(H,15,16). The van der Waals surface area contributed by atoms with Crippen LogP contribution in [0.25, 0.3) is 0 Å². The molecule has 0 aromatic carbocycles. The second-order valence-corrected chi connectivity index (χ2v) is 6.41. The van der Waals surface area contributed by atoms with Gasteiger partial charge in [0.25, 0.3) is 0 Å². The number of furan rings is 1. The van der Waals surface area contributed by atoms with Crippen LogP contribution in [-0.4, -0.2) is 25.2 Å². The van der Waals surface area contributed by atoms with Crippen LogP contribution in [0.3, 0.4) is 0 Å². The van der Waals surface area contributed by atoms with Crippen LogP contribution in [0.4, 0.5) is 0 Å². The van der Waals surface area contributed by atoms with Gasteiger partial charge in [-0.25, -0.2) is 13.1 Å². The van der Waals surface area contributed by atoms with Crippen molar-refractivity contribution >= 4 is 10.0 Å². The van der Waals surface area contributed by atoms with Crippen molar-refractivity contribution in [3.8, 4) is 0 Å². The summed E-state index contributed by atoms with van der Waals surface area (Å²) >= 11 is 0. The van der Waals surface area contributed by atoms with Crippen LogP contribution >= 0.6 is 0 Å². The van der Waals surface area contributed by atoms with Gasteiger partial charge >= 0.3 is 0 Å². The fourth-order valence-corrected chi connectivity index (χ4v) is 3.65. The highest BCUT2D eigenvalue weighted by Gasteiger charge is 2.26. The summed E-state index contributed by atoms with van der Waals surface area (Å²) in [4.78, 5) is 0.196. The number of aromatic nitrogens is 2. The van der Waals surface area contributed by atoms with Crippen LogP contribution in [-0.2, 0) is 16.6 Å². The average molecular weight is 312 g/mol. The van der Waals surface area contributed by atoms with E-state index in [1.807, 2.05) is 6.92 Å². The van der Waals surface area contributed by atoms with Crippen LogP contribution in [0, 0.1) is 6.92 Å². The molecule has 2 aromatic rings. The molecule has 0 aliphatic carbocycles. The molecule has 116 valence electrons. The second kappa shape index (κ2) is 6.42. The number of hydrogen-bond acceptors (Lipinski definition) is 5. The van der Waals surface area contributed by atoms with E-state index < -0.39 is 16.1 Å². The van der Waals surface area contributed by atoms with Crippen molar-refractivity contribution in [1.82, 2.24) is 20.2 Å². The molecule has 21 heavy (non-hydrogen) atoms. The fourth-order valence-electron chi connectivity index (χ4n) is 2.08. The third-order valence-corrected chi connectivity index (χ3v) is 4.82. The zero-order valence-corrected chi connectivity index (χ0v) is 13.1. The maximum absolute atomic E-state index is 12.6. The van der Waals surface area contributed by atoms with Crippen LogP contribution in [0.1, 0.15) is 37.0 Å². The number of nitrogens with zero attached hydrogens (tertiary/aromatic N) is 1. The molecule has 0 saturated carbocycles. The fraction of sp³-hybridized carbons (Fsp3) is 0.462. The van der Waals surface area contributed by atoms with Crippen molar-refractivity contribution in [2.75, 3.05) is 6.54 Å². The third kappa shape index (κ3) is 3.52. The highest BCUT2D eigenvalue weighted by atomic mass is 32.2. The molecular formula is C13H20N4O3S. The van der Waals surface area contributed by atoms with Crippen molar-refractivity contribution in [3.63, 3.8) is 0 Å². The van der Waals surface area contributed by atoms with Crippen molar-refractivity contribution in [1.29, 1.82) is 0 Å². The lowest BCUT2D eigenvalue weighted by atomic mass is 10.3. The molecule has 8 heteroatoms. The molecule has 1 atom stereocenters. The molecule has 2 rings (SSSR count). The Bertz CT molecular complexity index is 676. The largest absolute Gasteiger partial charge is 0.468 e. The van der Waals surface area contributed by atoms with E-state index in [9.17, 15) is 8.42 Å². The molecule has 0 spiro atoms. The van der Waals surface area contributed by atoms with E-state index in [1.54, 1.807) is 26.0 Å². The summed E-state index contributed by atoms with van der Waals surface area (Å²) in [6.45, 7) is 6.50. The predicted molar refractivity (Wildman–Crippen MR) is 78.1 cm³/mol. The topological polar surface area (TPSA) is 100 Å². The van der Waals surface area contributed by atoms with Crippen LogP contribution in [0.15, 0.2) is 27.7 Å². The molecular weight excluding hydrogens is 292 g/mol. The van der Waals surface area contributed by atoms with Crippen molar-refractivity contribution < 1.29 is 12.8 Å². The minimum absolute atomic E-state index is 0.196. The molecule has 0 aliphatic heterocycles. The predicted octanol–water partition coefficient (Wildman–Crippen LogP) is 1.46. The zero-order valence-electron chi connectivity index (χ0n) is 12.3. The van der Waals surface area contributed by atoms with E-state index in [0.717, 1.165) is 6.54 Å². The van der Waals surface area contributed by atoms with E-state index in [1.165, 1.54) is 6.26 Å². The molecule has 0 aliphatic rings. The van der Waals surface area contributed by atoms with Crippen LogP contribution in [0.2, 0.25) is 0 Å². The molecule has 1 unspecified atom stereocenters. The Balaban J connectivity index is 2.25. The van der Waals surface area contributed by atoms with E-state index in [2.05, 4.69) is 20.2 Å². The maximum Gasteiger partial charge on any atom is 0.244 e. The van der Waals surface area contributed by atoms with Gasteiger partial charge in [-0.15, -0.1) is 0 Å². The monoisotopic (exact) mass is 312 g/mol. The van der Waals surface area contributed by atoms with Gasteiger partial charge in [0.1, 0.15) is 10.7 Å². The van der Waals surface area contributed by atoms with Gasteiger partial charge < -0.3 is 9.73 Å². The van der Waals surface area contributed by atoms with Gasteiger partial charge in [-0.2, -0.15) is 5.10 Å². The summed E-state index contributed by atoms with van der Waals surface area (Å²) in [6.07, 6.45) is 1.51.